The predicted octanol–water partition coefficient (Wildman–Crippen LogP) is 3.43. The maximum absolute atomic E-state index is 12.2. The summed E-state index contributed by atoms with van der Waals surface area (Å²) in [4.78, 5) is 12.2. The number of carbonyl (C=O) groups is 1. The molecular formula is C16H15ClN4O3. The lowest BCUT2D eigenvalue weighted by molar-refractivity contribution is 0.102. The molecule has 0 bridgehead atoms. The van der Waals surface area contributed by atoms with Gasteiger partial charge < -0.3 is 14.6 Å². The van der Waals surface area contributed by atoms with Gasteiger partial charge in [0.2, 0.25) is 0 Å². The third-order valence-corrected chi connectivity index (χ3v) is 3.57. The minimum Gasteiger partial charge on any atom is -0.471 e. The average Bonchev–Trinajstić information content (AvgIpc) is 3.16. The number of ether oxygens (including phenoxy) is 1. The van der Waals surface area contributed by atoms with Gasteiger partial charge in [0.25, 0.3) is 5.91 Å². The summed E-state index contributed by atoms with van der Waals surface area (Å²) < 4.78 is 12.1. The molecule has 0 spiro atoms. The van der Waals surface area contributed by atoms with E-state index in [-0.39, 0.29) is 18.3 Å². The molecule has 2 heterocycles. The molecule has 0 saturated heterocycles. The van der Waals surface area contributed by atoms with Crippen LogP contribution in [-0.4, -0.2) is 20.8 Å². The molecule has 3 rings (SSSR count). The van der Waals surface area contributed by atoms with Crippen molar-refractivity contribution < 1.29 is 14.1 Å². The number of aryl methyl sites for hydroxylation is 2. The molecule has 1 amide bonds. The molecular weight excluding hydrogens is 332 g/mol. The highest BCUT2D eigenvalue weighted by Gasteiger charge is 2.15. The summed E-state index contributed by atoms with van der Waals surface area (Å²) in [6.45, 7) is 3.67. The first kappa shape index (κ1) is 16.1. The molecule has 0 fully saturated rings. The van der Waals surface area contributed by atoms with Crippen LogP contribution in [0.15, 0.2) is 41.1 Å². The third-order valence-electron chi connectivity index (χ3n) is 3.32. The second kappa shape index (κ2) is 6.76. The highest BCUT2D eigenvalue weighted by Crippen LogP contribution is 2.19. The van der Waals surface area contributed by atoms with E-state index < -0.39 is 0 Å². The molecule has 1 aromatic carbocycles. The Labute approximate surface area is 143 Å². The molecule has 7 nitrogen and oxygen atoms in total. The van der Waals surface area contributed by atoms with Crippen molar-refractivity contribution >= 4 is 23.2 Å². The van der Waals surface area contributed by atoms with Crippen molar-refractivity contribution in [3.63, 3.8) is 0 Å². The summed E-state index contributed by atoms with van der Waals surface area (Å²) in [6, 6.07) is 8.61. The number of nitrogens with zero attached hydrogens (tertiary/aromatic N) is 3. The zero-order chi connectivity index (χ0) is 17.1. The molecule has 124 valence electrons. The molecule has 0 saturated carbocycles. The highest BCUT2D eigenvalue weighted by molar-refractivity contribution is 6.30. The van der Waals surface area contributed by atoms with Crippen LogP contribution in [-0.2, 0) is 6.73 Å². The lowest BCUT2D eigenvalue weighted by Gasteiger charge is -2.06. The van der Waals surface area contributed by atoms with Gasteiger partial charge in [-0.15, -0.1) is 0 Å². The molecule has 3 aromatic rings. The Morgan fingerprint density at radius 1 is 1.29 bits per heavy atom. The summed E-state index contributed by atoms with van der Waals surface area (Å²) in [5.74, 6) is 0.873. The Bertz CT molecular complexity index is 835. The van der Waals surface area contributed by atoms with E-state index in [2.05, 4.69) is 15.6 Å². The topological polar surface area (TPSA) is 82.2 Å². The number of hydrogen-bond donors (Lipinski definition) is 1. The van der Waals surface area contributed by atoms with Crippen LogP contribution in [0.1, 0.15) is 21.9 Å². The molecule has 0 radical (unpaired) electrons. The molecule has 24 heavy (non-hydrogen) atoms. The van der Waals surface area contributed by atoms with Crippen LogP contribution in [0.25, 0.3) is 0 Å². The maximum Gasteiger partial charge on any atom is 0.276 e. The number of rotatable bonds is 5. The number of amides is 1. The zero-order valence-electron chi connectivity index (χ0n) is 13.1. The van der Waals surface area contributed by atoms with Gasteiger partial charge in [-0.2, -0.15) is 5.10 Å². The minimum absolute atomic E-state index is 0.181. The second-order valence-electron chi connectivity index (χ2n) is 5.12. The van der Waals surface area contributed by atoms with E-state index in [4.69, 9.17) is 20.9 Å². The van der Waals surface area contributed by atoms with Crippen LogP contribution in [0, 0.1) is 13.8 Å². The molecule has 8 heteroatoms. The van der Waals surface area contributed by atoms with E-state index in [0.717, 1.165) is 0 Å². The lowest BCUT2D eigenvalue weighted by atomic mass is 10.3. The Morgan fingerprint density at radius 3 is 2.71 bits per heavy atom. The van der Waals surface area contributed by atoms with Crippen molar-refractivity contribution in [3.8, 4) is 5.75 Å². The van der Waals surface area contributed by atoms with Gasteiger partial charge in [-0.3, -0.25) is 4.79 Å². The summed E-state index contributed by atoms with van der Waals surface area (Å²) >= 11 is 5.82. The summed E-state index contributed by atoms with van der Waals surface area (Å²) in [5.41, 5.74) is 1.45. The molecule has 0 aliphatic rings. The average molecular weight is 347 g/mol. The first-order valence-corrected chi connectivity index (χ1v) is 7.57. The first-order chi connectivity index (χ1) is 11.5. The number of aromatic nitrogens is 3. The maximum atomic E-state index is 12.2. The normalized spacial score (nSPS) is 10.6. The van der Waals surface area contributed by atoms with E-state index in [0.29, 0.717) is 27.9 Å². The first-order valence-electron chi connectivity index (χ1n) is 7.19. The molecule has 0 aliphatic heterocycles. The Hall–Kier alpha value is -2.80. The van der Waals surface area contributed by atoms with Crippen molar-refractivity contribution in [1.82, 2.24) is 14.9 Å². The smallest absolute Gasteiger partial charge is 0.276 e. The van der Waals surface area contributed by atoms with E-state index >= 15 is 0 Å². The van der Waals surface area contributed by atoms with Gasteiger partial charge in [0.15, 0.2) is 18.2 Å². The molecule has 0 aliphatic carbocycles. The Morgan fingerprint density at radius 2 is 2.04 bits per heavy atom. The van der Waals surface area contributed by atoms with Crippen LogP contribution in [0.5, 0.6) is 5.75 Å². The number of anilines is 1. The van der Waals surface area contributed by atoms with Crippen LogP contribution in [0.4, 0.5) is 5.69 Å². The monoisotopic (exact) mass is 346 g/mol. The third kappa shape index (κ3) is 3.57. The highest BCUT2D eigenvalue weighted by atomic mass is 35.5. The number of nitrogens with one attached hydrogen (secondary N) is 1. The van der Waals surface area contributed by atoms with Crippen LogP contribution < -0.4 is 10.1 Å². The van der Waals surface area contributed by atoms with E-state index in [1.807, 2.05) is 0 Å². The fraction of sp³-hybridized carbons (Fsp3) is 0.188. The number of hydrogen-bond acceptors (Lipinski definition) is 5. The van der Waals surface area contributed by atoms with Crippen molar-refractivity contribution in [2.75, 3.05) is 5.32 Å². The van der Waals surface area contributed by atoms with Crippen molar-refractivity contribution in [2.24, 2.45) is 0 Å². The number of halogens is 1. The van der Waals surface area contributed by atoms with Crippen molar-refractivity contribution in [3.05, 3.63) is 58.7 Å². The molecule has 0 unspecified atom stereocenters. The predicted molar refractivity (Wildman–Crippen MR) is 88.2 cm³/mol. The molecule has 2 aromatic heterocycles. The fourth-order valence-corrected chi connectivity index (χ4v) is 2.19. The zero-order valence-corrected chi connectivity index (χ0v) is 13.9. The standard InChI is InChI=1S/C16H15ClN4O3/c1-10-15(11(2)24-20-10)18-16(22)14-7-8-21(19-14)9-23-13-5-3-12(17)4-6-13/h3-8H,9H2,1-2H3,(H,18,22). The van der Waals surface area contributed by atoms with E-state index in [1.54, 1.807) is 50.4 Å². The van der Waals surface area contributed by atoms with Gasteiger partial charge in [0.1, 0.15) is 17.1 Å². The largest absolute Gasteiger partial charge is 0.471 e. The summed E-state index contributed by atoms with van der Waals surface area (Å²) in [5, 5.41) is 11.4. The molecule has 0 atom stereocenters. The quantitative estimate of drug-likeness (QED) is 0.765. The SMILES string of the molecule is Cc1noc(C)c1NC(=O)c1ccn(COc2ccc(Cl)cc2)n1. The van der Waals surface area contributed by atoms with Crippen molar-refractivity contribution in [2.45, 2.75) is 20.6 Å². The second-order valence-corrected chi connectivity index (χ2v) is 5.56. The van der Waals surface area contributed by atoms with E-state index in [9.17, 15) is 4.79 Å². The van der Waals surface area contributed by atoms with Crippen molar-refractivity contribution in [1.29, 1.82) is 0 Å². The fourth-order valence-electron chi connectivity index (χ4n) is 2.07. The Kier molecular flexibility index (Phi) is 4.52. The summed E-state index contributed by atoms with van der Waals surface area (Å²) in [7, 11) is 0. The van der Waals surface area contributed by atoms with Crippen LogP contribution in [0.2, 0.25) is 5.02 Å². The number of benzene rings is 1. The van der Waals surface area contributed by atoms with Gasteiger partial charge in [0, 0.05) is 11.2 Å². The van der Waals surface area contributed by atoms with Gasteiger partial charge in [-0.05, 0) is 44.2 Å². The van der Waals surface area contributed by atoms with Gasteiger partial charge in [-0.1, -0.05) is 16.8 Å². The van der Waals surface area contributed by atoms with Gasteiger partial charge in [0.05, 0.1) is 0 Å². The summed E-state index contributed by atoms with van der Waals surface area (Å²) in [6.07, 6.45) is 1.66. The minimum atomic E-state index is -0.338. The number of carbonyl (C=O) groups excluding carboxylic acids is 1. The van der Waals surface area contributed by atoms with Crippen LogP contribution >= 0.6 is 11.6 Å². The molecule has 1 N–H and O–H groups in total. The lowest BCUT2D eigenvalue weighted by Crippen LogP contribution is -2.15. The van der Waals surface area contributed by atoms with Crippen LogP contribution in [0.3, 0.4) is 0 Å². The van der Waals surface area contributed by atoms with E-state index in [1.165, 1.54) is 4.68 Å². The Balaban J connectivity index is 1.62. The van der Waals surface area contributed by atoms with Gasteiger partial charge >= 0.3 is 0 Å². The van der Waals surface area contributed by atoms with Gasteiger partial charge in [-0.25, -0.2) is 4.68 Å².